The summed E-state index contributed by atoms with van der Waals surface area (Å²) in [4.78, 5) is 5.62. The summed E-state index contributed by atoms with van der Waals surface area (Å²) in [5.74, 6) is 0. The maximum Gasteiger partial charge on any atom is 0.0897 e. The molecule has 0 fully saturated rings. The fraction of sp³-hybridized carbons (Fsp3) is 0.214. The van der Waals surface area contributed by atoms with Gasteiger partial charge in [-0.1, -0.05) is 18.2 Å². The molecule has 0 saturated heterocycles. The van der Waals surface area contributed by atoms with Crippen LogP contribution >= 0.6 is 11.3 Å². The van der Waals surface area contributed by atoms with Crippen LogP contribution in [0.5, 0.6) is 0 Å². The van der Waals surface area contributed by atoms with Crippen LogP contribution in [0.25, 0.3) is 10.9 Å². The van der Waals surface area contributed by atoms with Crippen LogP contribution in [0.15, 0.2) is 36.5 Å². The topological polar surface area (TPSA) is 17.8 Å². The Morgan fingerprint density at radius 2 is 2.06 bits per heavy atom. The van der Waals surface area contributed by atoms with Crippen LogP contribution < -0.4 is 0 Å². The molecule has 3 aromatic rings. The summed E-state index contributed by atoms with van der Waals surface area (Å²) in [7, 11) is 0. The second-order valence-corrected chi connectivity index (χ2v) is 5.60. The predicted octanol–water partition coefficient (Wildman–Crippen LogP) is 3.76. The highest BCUT2D eigenvalue weighted by Crippen LogP contribution is 2.22. The molecular formula is C14H14N2S. The molecule has 0 aliphatic carbocycles. The molecule has 3 rings (SSSR count). The van der Waals surface area contributed by atoms with Crippen molar-refractivity contribution in [2.75, 3.05) is 0 Å². The maximum absolute atomic E-state index is 4.31. The van der Waals surface area contributed by atoms with Gasteiger partial charge in [-0.05, 0) is 31.4 Å². The first-order chi connectivity index (χ1) is 8.24. The lowest BCUT2D eigenvalue weighted by molar-refractivity contribution is 0.815. The minimum Gasteiger partial charge on any atom is -0.340 e. The Kier molecular flexibility index (Phi) is 2.48. The van der Waals surface area contributed by atoms with E-state index in [1.165, 1.54) is 21.5 Å². The van der Waals surface area contributed by atoms with Gasteiger partial charge in [0, 0.05) is 22.3 Å². The van der Waals surface area contributed by atoms with Crippen LogP contribution in [0.4, 0.5) is 0 Å². The third-order valence-corrected chi connectivity index (χ3v) is 3.90. The Bertz CT molecular complexity index is 664. The molecule has 0 atom stereocenters. The van der Waals surface area contributed by atoms with Gasteiger partial charge in [-0.15, -0.1) is 11.3 Å². The molecule has 17 heavy (non-hydrogen) atoms. The Morgan fingerprint density at radius 1 is 1.24 bits per heavy atom. The van der Waals surface area contributed by atoms with Crippen LogP contribution in [-0.2, 0) is 6.54 Å². The number of hydrogen-bond donors (Lipinski definition) is 0. The molecule has 0 unspecified atom stereocenters. The van der Waals surface area contributed by atoms with E-state index in [4.69, 9.17) is 0 Å². The summed E-state index contributed by atoms with van der Waals surface area (Å²) < 4.78 is 2.35. The average molecular weight is 242 g/mol. The van der Waals surface area contributed by atoms with Crippen LogP contribution in [0, 0.1) is 13.8 Å². The van der Waals surface area contributed by atoms with E-state index in [-0.39, 0.29) is 0 Å². The van der Waals surface area contributed by atoms with Gasteiger partial charge in [-0.3, -0.25) is 0 Å². The van der Waals surface area contributed by atoms with Gasteiger partial charge < -0.3 is 4.57 Å². The molecule has 0 bridgehead atoms. The molecule has 2 nitrogen and oxygen atoms in total. The van der Waals surface area contributed by atoms with E-state index >= 15 is 0 Å². The predicted molar refractivity (Wildman–Crippen MR) is 72.6 cm³/mol. The van der Waals surface area contributed by atoms with Crippen molar-refractivity contribution in [3.63, 3.8) is 0 Å². The van der Waals surface area contributed by atoms with E-state index in [2.05, 4.69) is 53.7 Å². The lowest BCUT2D eigenvalue weighted by atomic mass is 10.2. The van der Waals surface area contributed by atoms with E-state index in [0.717, 1.165) is 11.6 Å². The van der Waals surface area contributed by atoms with Gasteiger partial charge in [-0.25, -0.2) is 4.98 Å². The molecule has 0 N–H and O–H groups in total. The fourth-order valence-electron chi connectivity index (χ4n) is 2.19. The number of benzene rings is 1. The highest BCUT2D eigenvalue weighted by molar-refractivity contribution is 7.11. The number of fused-ring (bicyclic) bond motifs is 1. The SMILES string of the molecule is Cc1ncc(Cn2c(C)cc3ccccc32)s1. The Balaban J connectivity index is 2.08. The summed E-state index contributed by atoms with van der Waals surface area (Å²) >= 11 is 1.77. The van der Waals surface area contributed by atoms with E-state index in [0.29, 0.717) is 0 Å². The van der Waals surface area contributed by atoms with Crippen molar-refractivity contribution in [2.45, 2.75) is 20.4 Å². The molecule has 3 heteroatoms. The normalized spacial score (nSPS) is 11.2. The summed E-state index contributed by atoms with van der Waals surface area (Å²) in [5.41, 5.74) is 2.60. The zero-order valence-electron chi connectivity index (χ0n) is 9.97. The molecule has 0 saturated carbocycles. The quantitative estimate of drug-likeness (QED) is 0.669. The molecular weight excluding hydrogens is 228 g/mol. The van der Waals surface area contributed by atoms with Gasteiger partial charge in [0.25, 0.3) is 0 Å². The minimum absolute atomic E-state index is 0.921. The summed E-state index contributed by atoms with van der Waals surface area (Å²) in [6.07, 6.45) is 1.98. The number of hydrogen-bond acceptors (Lipinski definition) is 2. The average Bonchev–Trinajstić information content (AvgIpc) is 2.85. The highest BCUT2D eigenvalue weighted by Gasteiger charge is 2.06. The lowest BCUT2D eigenvalue weighted by Gasteiger charge is -2.05. The van der Waals surface area contributed by atoms with Crippen LogP contribution in [0.3, 0.4) is 0 Å². The number of aryl methyl sites for hydroxylation is 2. The molecule has 0 radical (unpaired) electrons. The Morgan fingerprint density at radius 3 is 2.82 bits per heavy atom. The molecule has 2 heterocycles. The fourth-order valence-corrected chi connectivity index (χ4v) is 2.98. The molecule has 0 aliphatic heterocycles. The summed E-state index contributed by atoms with van der Waals surface area (Å²) in [5, 5.41) is 2.44. The summed E-state index contributed by atoms with van der Waals surface area (Å²) in [6, 6.07) is 10.8. The van der Waals surface area contributed by atoms with E-state index in [1.54, 1.807) is 11.3 Å². The monoisotopic (exact) mass is 242 g/mol. The van der Waals surface area contributed by atoms with Crippen LogP contribution in [0.1, 0.15) is 15.6 Å². The van der Waals surface area contributed by atoms with Crippen LogP contribution in [0.2, 0.25) is 0 Å². The lowest BCUT2D eigenvalue weighted by Crippen LogP contribution is -1.99. The smallest absolute Gasteiger partial charge is 0.0897 e. The van der Waals surface area contributed by atoms with Crippen molar-refractivity contribution in [2.24, 2.45) is 0 Å². The Hall–Kier alpha value is -1.61. The second kappa shape index (κ2) is 4.00. The number of rotatable bonds is 2. The first kappa shape index (κ1) is 10.5. The first-order valence-corrected chi connectivity index (χ1v) is 6.52. The third kappa shape index (κ3) is 1.87. The Labute approximate surface area is 105 Å². The van der Waals surface area contributed by atoms with Crippen molar-refractivity contribution in [1.29, 1.82) is 0 Å². The van der Waals surface area contributed by atoms with Crippen molar-refractivity contribution in [1.82, 2.24) is 9.55 Å². The zero-order chi connectivity index (χ0) is 11.8. The molecule has 1 aromatic carbocycles. The highest BCUT2D eigenvalue weighted by atomic mass is 32.1. The van der Waals surface area contributed by atoms with Gasteiger partial charge in [0.2, 0.25) is 0 Å². The molecule has 0 aliphatic rings. The third-order valence-electron chi connectivity index (χ3n) is 3.00. The zero-order valence-corrected chi connectivity index (χ0v) is 10.8. The minimum atomic E-state index is 0.921. The van der Waals surface area contributed by atoms with Gasteiger partial charge >= 0.3 is 0 Å². The number of thiazole rings is 1. The van der Waals surface area contributed by atoms with E-state index < -0.39 is 0 Å². The van der Waals surface area contributed by atoms with Gasteiger partial charge in [0.15, 0.2) is 0 Å². The second-order valence-electron chi connectivity index (χ2n) is 4.28. The van der Waals surface area contributed by atoms with Crippen molar-refractivity contribution >= 4 is 22.2 Å². The summed E-state index contributed by atoms with van der Waals surface area (Å²) in [6.45, 7) is 5.13. The first-order valence-electron chi connectivity index (χ1n) is 5.70. The number of para-hydroxylation sites is 1. The molecule has 86 valence electrons. The maximum atomic E-state index is 4.31. The van der Waals surface area contributed by atoms with E-state index in [1.807, 2.05) is 6.20 Å². The van der Waals surface area contributed by atoms with Gasteiger partial charge in [0.05, 0.1) is 11.6 Å². The van der Waals surface area contributed by atoms with Gasteiger partial charge in [0.1, 0.15) is 0 Å². The van der Waals surface area contributed by atoms with Crippen molar-refractivity contribution < 1.29 is 0 Å². The van der Waals surface area contributed by atoms with E-state index in [9.17, 15) is 0 Å². The number of nitrogens with zero attached hydrogens (tertiary/aromatic N) is 2. The standard InChI is InChI=1S/C14H14N2S/c1-10-7-12-5-3-4-6-14(12)16(10)9-13-8-15-11(2)17-13/h3-8H,9H2,1-2H3. The van der Waals surface area contributed by atoms with Crippen molar-refractivity contribution in [3.8, 4) is 0 Å². The van der Waals surface area contributed by atoms with Gasteiger partial charge in [-0.2, -0.15) is 0 Å². The van der Waals surface area contributed by atoms with Crippen LogP contribution in [-0.4, -0.2) is 9.55 Å². The molecule has 0 amide bonds. The van der Waals surface area contributed by atoms with Crippen molar-refractivity contribution in [3.05, 3.63) is 52.1 Å². The molecule has 2 aromatic heterocycles. The molecule has 0 spiro atoms. The number of aromatic nitrogens is 2. The largest absolute Gasteiger partial charge is 0.340 e.